The van der Waals surface area contributed by atoms with Crippen LogP contribution in [0.15, 0.2) is 10.7 Å². The Kier molecular flexibility index (Phi) is 4.88. The van der Waals surface area contributed by atoms with Crippen molar-refractivity contribution >= 4 is 15.9 Å². The lowest BCUT2D eigenvalue weighted by Gasteiger charge is -2.22. The molecule has 2 heterocycles. The largest absolute Gasteiger partial charge is 0.361 e. The fourth-order valence-electron chi connectivity index (χ4n) is 2.68. The number of hydrogen-bond donors (Lipinski definition) is 1. The molecule has 1 aliphatic heterocycles. The zero-order chi connectivity index (χ0) is 16.5. The van der Waals surface area contributed by atoms with Crippen molar-refractivity contribution in [3.63, 3.8) is 0 Å². The average Bonchev–Trinajstić information content (AvgIpc) is 2.95. The van der Waals surface area contributed by atoms with E-state index in [2.05, 4.69) is 10.5 Å². The average molecular weight is 330 g/mol. The minimum atomic E-state index is -3.27. The monoisotopic (exact) mass is 330 g/mol. The van der Waals surface area contributed by atoms with Gasteiger partial charge in [-0.2, -0.15) is 4.31 Å². The summed E-state index contributed by atoms with van der Waals surface area (Å²) >= 11 is 0. The lowest BCUT2D eigenvalue weighted by atomic mass is 10.0. The van der Waals surface area contributed by atoms with Gasteiger partial charge in [-0.25, -0.2) is 8.42 Å². The maximum Gasteiger partial charge on any atom is 0.256 e. The molecule has 22 heavy (non-hydrogen) atoms. The molecule has 9 heteroatoms. The number of sulfonamides is 1. The summed E-state index contributed by atoms with van der Waals surface area (Å²) in [5.74, 6) is 0.191. The molecule has 0 unspecified atom stereocenters. The van der Waals surface area contributed by atoms with Gasteiger partial charge in [0, 0.05) is 31.6 Å². The van der Waals surface area contributed by atoms with Gasteiger partial charge in [0.15, 0.2) is 0 Å². The third-order valence-corrected chi connectivity index (χ3v) is 5.02. The molecule has 1 saturated heterocycles. The summed E-state index contributed by atoms with van der Waals surface area (Å²) in [5.41, 5.74) is 0.376. The van der Waals surface area contributed by atoms with Crippen LogP contribution in [-0.4, -0.2) is 74.7 Å². The summed E-state index contributed by atoms with van der Waals surface area (Å²) in [6.45, 7) is 3.05. The summed E-state index contributed by atoms with van der Waals surface area (Å²) in [6, 6.07) is -0.237. The van der Waals surface area contributed by atoms with Crippen LogP contribution in [0.25, 0.3) is 0 Å². The molecular formula is C13H22N4O4S. The second-order valence-corrected chi connectivity index (χ2v) is 7.96. The Morgan fingerprint density at radius 2 is 2.18 bits per heavy atom. The van der Waals surface area contributed by atoms with Gasteiger partial charge >= 0.3 is 0 Å². The van der Waals surface area contributed by atoms with Gasteiger partial charge in [0.1, 0.15) is 11.3 Å². The van der Waals surface area contributed by atoms with Crippen molar-refractivity contribution in [2.45, 2.75) is 13.0 Å². The van der Waals surface area contributed by atoms with Crippen molar-refractivity contribution in [3.05, 3.63) is 17.5 Å². The fraction of sp³-hybridized carbons (Fsp3) is 0.692. The number of hydrogen-bond acceptors (Lipinski definition) is 6. The van der Waals surface area contributed by atoms with Crippen LogP contribution >= 0.6 is 0 Å². The van der Waals surface area contributed by atoms with Crippen molar-refractivity contribution in [2.75, 3.05) is 40.0 Å². The Hall–Kier alpha value is -1.45. The Balaban J connectivity index is 2.12. The number of carbonyl (C=O) groups is 1. The summed E-state index contributed by atoms with van der Waals surface area (Å²) in [4.78, 5) is 14.3. The van der Waals surface area contributed by atoms with Gasteiger partial charge < -0.3 is 14.7 Å². The first-order chi connectivity index (χ1) is 10.2. The number of rotatable bonds is 5. The van der Waals surface area contributed by atoms with E-state index >= 15 is 0 Å². The molecule has 8 nitrogen and oxygen atoms in total. The highest BCUT2D eigenvalue weighted by Crippen LogP contribution is 2.21. The van der Waals surface area contributed by atoms with E-state index in [-0.39, 0.29) is 24.4 Å². The van der Waals surface area contributed by atoms with E-state index in [1.54, 1.807) is 6.92 Å². The summed E-state index contributed by atoms with van der Waals surface area (Å²) < 4.78 is 29.8. The molecule has 1 aliphatic rings. The topological polar surface area (TPSA) is 95.7 Å². The van der Waals surface area contributed by atoms with Crippen molar-refractivity contribution in [3.8, 4) is 0 Å². The quantitative estimate of drug-likeness (QED) is 0.784. The van der Waals surface area contributed by atoms with Crippen LogP contribution in [0.4, 0.5) is 0 Å². The third-order valence-electron chi connectivity index (χ3n) is 3.79. The number of carbonyl (C=O) groups excluding carboxylic acids is 1. The Bertz CT molecular complexity index is 640. The van der Waals surface area contributed by atoms with Gasteiger partial charge in [-0.15, -0.1) is 0 Å². The predicted octanol–water partition coefficient (Wildman–Crippen LogP) is -0.466. The van der Waals surface area contributed by atoms with Crippen molar-refractivity contribution in [1.82, 2.24) is 19.7 Å². The Morgan fingerprint density at radius 1 is 1.50 bits per heavy atom. The van der Waals surface area contributed by atoms with Crippen LogP contribution in [-0.2, 0) is 10.0 Å². The summed E-state index contributed by atoms with van der Waals surface area (Å²) in [5, 5.41) is 6.50. The molecule has 1 amide bonds. The van der Waals surface area contributed by atoms with Crippen LogP contribution < -0.4 is 5.32 Å². The molecular weight excluding hydrogens is 308 g/mol. The van der Waals surface area contributed by atoms with E-state index in [4.69, 9.17) is 4.52 Å². The number of aromatic nitrogens is 1. The molecule has 1 N–H and O–H groups in total. The smallest absolute Gasteiger partial charge is 0.256 e. The van der Waals surface area contributed by atoms with Crippen LogP contribution in [0.3, 0.4) is 0 Å². The molecule has 124 valence electrons. The number of nitrogens with one attached hydrogen (secondary N) is 1. The SMILES string of the molecule is Cc1oncc1C(=O)N[C@@H]1CN(S(C)(=O)=O)C[C@H]1CN(C)C. The standard InChI is InChI=1S/C13H22N4O4S/c1-9-11(5-14-21-9)13(18)15-12-8-17(22(4,19)20)7-10(12)6-16(2)3/h5,10,12H,6-8H2,1-4H3,(H,15,18)/t10-,12-/m1/s1. The number of amides is 1. The molecule has 0 saturated carbocycles. The minimum Gasteiger partial charge on any atom is -0.361 e. The first kappa shape index (κ1) is 16.9. The molecule has 1 fully saturated rings. The molecule has 2 atom stereocenters. The Morgan fingerprint density at radius 3 is 2.68 bits per heavy atom. The highest BCUT2D eigenvalue weighted by molar-refractivity contribution is 7.88. The second kappa shape index (κ2) is 6.35. The Labute approximate surface area is 130 Å². The fourth-order valence-corrected chi connectivity index (χ4v) is 3.58. The number of aryl methyl sites for hydroxylation is 1. The van der Waals surface area contributed by atoms with Gasteiger partial charge in [-0.3, -0.25) is 4.79 Å². The van der Waals surface area contributed by atoms with Gasteiger partial charge in [0.05, 0.1) is 12.5 Å². The van der Waals surface area contributed by atoms with E-state index in [9.17, 15) is 13.2 Å². The zero-order valence-corrected chi connectivity index (χ0v) is 14.1. The molecule has 2 rings (SSSR count). The van der Waals surface area contributed by atoms with Crippen molar-refractivity contribution < 1.29 is 17.7 Å². The summed E-state index contributed by atoms with van der Waals surface area (Å²) in [7, 11) is 0.576. The van der Waals surface area contributed by atoms with Crippen molar-refractivity contribution in [1.29, 1.82) is 0 Å². The minimum absolute atomic E-state index is 0.0360. The number of nitrogens with zero attached hydrogens (tertiary/aromatic N) is 3. The van der Waals surface area contributed by atoms with Gasteiger partial charge in [0.2, 0.25) is 10.0 Å². The lowest BCUT2D eigenvalue weighted by molar-refractivity contribution is 0.0925. The molecule has 0 spiro atoms. The van der Waals surface area contributed by atoms with Crippen LogP contribution in [0.5, 0.6) is 0 Å². The zero-order valence-electron chi connectivity index (χ0n) is 13.2. The molecule has 1 aromatic rings. The van der Waals surface area contributed by atoms with E-state index in [0.29, 0.717) is 24.4 Å². The van der Waals surface area contributed by atoms with E-state index in [0.717, 1.165) is 0 Å². The first-order valence-corrected chi connectivity index (χ1v) is 8.85. The van der Waals surface area contributed by atoms with Crippen molar-refractivity contribution in [2.24, 2.45) is 5.92 Å². The first-order valence-electron chi connectivity index (χ1n) is 7.00. The second-order valence-electron chi connectivity index (χ2n) is 5.98. The molecule has 0 aliphatic carbocycles. The van der Waals surface area contributed by atoms with Crippen LogP contribution in [0.2, 0.25) is 0 Å². The van der Waals surface area contributed by atoms with Gasteiger partial charge in [0.25, 0.3) is 5.91 Å². The lowest BCUT2D eigenvalue weighted by Crippen LogP contribution is -2.43. The molecule has 0 bridgehead atoms. The summed E-state index contributed by atoms with van der Waals surface area (Å²) in [6.07, 6.45) is 2.56. The molecule has 0 aromatic carbocycles. The molecule has 0 radical (unpaired) electrons. The van der Waals surface area contributed by atoms with Gasteiger partial charge in [-0.05, 0) is 21.0 Å². The van der Waals surface area contributed by atoms with Crippen LogP contribution in [0.1, 0.15) is 16.1 Å². The van der Waals surface area contributed by atoms with Gasteiger partial charge in [-0.1, -0.05) is 5.16 Å². The maximum atomic E-state index is 12.3. The maximum absolute atomic E-state index is 12.3. The van der Waals surface area contributed by atoms with Crippen LogP contribution in [0, 0.1) is 12.8 Å². The molecule has 1 aromatic heterocycles. The highest BCUT2D eigenvalue weighted by atomic mass is 32.2. The van der Waals surface area contributed by atoms with E-state index < -0.39 is 10.0 Å². The highest BCUT2D eigenvalue weighted by Gasteiger charge is 2.38. The van der Waals surface area contributed by atoms with E-state index in [1.807, 2.05) is 19.0 Å². The normalized spacial score (nSPS) is 23.1. The van der Waals surface area contributed by atoms with E-state index in [1.165, 1.54) is 16.8 Å². The third kappa shape index (κ3) is 3.84. The predicted molar refractivity (Wildman–Crippen MR) is 81.0 cm³/mol.